The van der Waals surface area contributed by atoms with Gasteiger partial charge in [-0.2, -0.15) is 0 Å². The quantitative estimate of drug-likeness (QED) is 0.876. The van der Waals surface area contributed by atoms with Gasteiger partial charge < -0.3 is 14.8 Å². The molecule has 106 valence electrons. The average molecular weight is 264 g/mol. The van der Waals surface area contributed by atoms with Gasteiger partial charge in [0.15, 0.2) is 0 Å². The Balaban J connectivity index is 2.09. The highest BCUT2D eigenvalue weighted by Crippen LogP contribution is 2.22. The van der Waals surface area contributed by atoms with Gasteiger partial charge in [-0.3, -0.25) is 4.90 Å². The Hall–Kier alpha value is -1.10. The van der Waals surface area contributed by atoms with Gasteiger partial charge in [-0.05, 0) is 31.2 Å². The lowest BCUT2D eigenvalue weighted by molar-refractivity contribution is 0.140. The van der Waals surface area contributed by atoms with E-state index < -0.39 is 0 Å². The minimum absolute atomic E-state index is 0.832. The van der Waals surface area contributed by atoms with Crippen molar-refractivity contribution in [2.75, 3.05) is 40.5 Å². The van der Waals surface area contributed by atoms with Gasteiger partial charge in [-0.15, -0.1) is 0 Å². The van der Waals surface area contributed by atoms with Crippen molar-refractivity contribution in [2.45, 2.75) is 19.5 Å². The summed E-state index contributed by atoms with van der Waals surface area (Å²) in [7, 11) is 3.71. The van der Waals surface area contributed by atoms with E-state index in [1.54, 1.807) is 7.11 Å². The van der Waals surface area contributed by atoms with Gasteiger partial charge in [0.1, 0.15) is 5.75 Å². The summed E-state index contributed by atoms with van der Waals surface area (Å²) in [6, 6.07) is 6.42. The van der Waals surface area contributed by atoms with Crippen molar-refractivity contribution in [2.24, 2.45) is 0 Å². The van der Waals surface area contributed by atoms with Crippen molar-refractivity contribution in [1.82, 2.24) is 10.2 Å². The molecule has 0 amide bonds. The highest BCUT2D eigenvalue weighted by Gasteiger charge is 2.12. The van der Waals surface area contributed by atoms with E-state index in [0.717, 1.165) is 51.6 Å². The normalized spacial score (nSPS) is 17.2. The Kier molecular flexibility index (Phi) is 5.63. The van der Waals surface area contributed by atoms with Gasteiger partial charge in [-0.1, -0.05) is 6.07 Å². The number of hydrogen-bond acceptors (Lipinski definition) is 4. The minimum Gasteiger partial charge on any atom is -0.496 e. The van der Waals surface area contributed by atoms with E-state index in [0.29, 0.717) is 0 Å². The first kappa shape index (κ1) is 14.3. The summed E-state index contributed by atoms with van der Waals surface area (Å²) < 4.78 is 11.0. The van der Waals surface area contributed by atoms with E-state index in [2.05, 4.69) is 28.4 Å². The van der Waals surface area contributed by atoms with E-state index in [9.17, 15) is 0 Å². The first-order chi connectivity index (χ1) is 9.33. The Morgan fingerprint density at radius 2 is 2.21 bits per heavy atom. The molecule has 4 heteroatoms. The van der Waals surface area contributed by atoms with Crippen LogP contribution in [-0.2, 0) is 17.8 Å². The van der Waals surface area contributed by atoms with Crippen molar-refractivity contribution in [1.29, 1.82) is 0 Å². The molecule has 1 aromatic rings. The zero-order chi connectivity index (χ0) is 13.5. The van der Waals surface area contributed by atoms with Crippen molar-refractivity contribution in [3.8, 4) is 5.75 Å². The number of benzene rings is 1. The fourth-order valence-electron chi connectivity index (χ4n) is 2.47. The summed E-state index contributed by atoms with van der Waals surface area (Å²) in [5.41, 5.74) is 2.56. The number of rotatable bonds is 5. The second-order valence-electron chi connectivity index (χ2n) is 4.92. The Morgan fingerprint density at radius 1 is 1.32 bits per heavy atom. The summed E-state index contributed by atoms with van der Waals surface area (Å²) in [5, 5.41) is 3.19. The van der Waals surface area contributed by atoms with Crippen LogP contribution in [0.3, 0.4) is 0 Å². The zero-order valence-corrected chi connectivity index (χ0v) is 11.9. The van der Waals surface area contributed by atoms with Crippen LogP contribution in [0.2, 0.25) is 0 Å². The van der Waals surface area contributed by atoms with E-state index in [4.69, 9.17) is 9.47 Å². The largest absolute Gasteiger partial charge is 0.496 e. The van der Waals surface area contributed by atoms with E-state index >= 15 is 0 Å². The lowest BCUT2D eigenvalue weighted by Gasteiger charge is -2.21. The van der Waals surface area contributed by atoms with Gasteiger partial charge in [0.25, 0.3) is 0 Å². The molecule has 1 aliphatic rings. The van der Waals surface area contributed by atoms with Crippen LogP contribution in [0, 0.1) is 0 Å². The molecule has 0 aromatic heterocycles. The van der Waals surface area contributed by atoms with Crippen molar-refractivity contribution in [3.05, 3.63) is 29.3 Å². The number of nitrogens with zero attached hydrogens (tertiary/aromatic N) is 1. The van der Waals surface area contributed by atoms with E-state index in [-0.39, 0.29) is 0 Å². The molecule has 1 aliphatic heterocycles. The number of ether oxygens (including phenoxy) is 2. The maximum atomic E-state index is 5.50. The molecule has 0 unspecified atom stereocenters. The van der Waals surface area contributed by atoms with Gasteiger partial charge in [0.2, 0.25) is 0 Å². The molecule has 1 saturated heterocycles. The second-order valence-corrected chi connectivity index (χ2v) is 4.92. The topological polar surface area (TPSA) is 33.7 Å². The maximum absolute atomic E-state index is 5.50. The molecule has 0 spiro atoms. The number of nitrogens with one attached hydrogen (secondary N) is 1. The Labute approximate surface area is 115 Å². The highest BCUT2D eigenvalue weighted by atomic mass is 16.5. The molecule has 1 N–H and O–H groups in total. The summed E-state index contributed by atoms with van der Waals surface area (Å²) in [5.74, 6) is 0.977. The lowest BCUT2D eigenvalue weighted by atomic mass is 10.1. The fourth-order valence-corrected chi connectivity index (χ4v) is 2.47. The molecule has 2 rings (SSSR count). The third-order valence-corrected chi connectivity index (χ3v) is 3.43. The number of hydrogen-bond donors (Lipinski definition) is 1. The van der Waals surface area contributed by atoms with Crippen LogP contribution in [-0.4, -0.2) is 45.4 Å². The molecule has 0 radical (unpaired) electrons. The third kappa shape index (κ3) is 4.20. The first-order valence-corrected chi connectivity index (χ1v) is 6.94. The van der Waals surface area contributed by atoms with Crippen LogP contribution in [0.15, 0.2) is 18.2 Å². The van der Waals surface area contributed by atoms with Gasteiger partial charge in [0.05, 0.1) is 13.7 Å². The van der Waals surface area contributed by atoms with Gasteiger partial charge in [-0.25, -0.2) is 0 Å². The molecule has 0 saturated carbocycles. The van der Waals surface area contributed by atoms with Crippen molar-refractivity contribution < 1.29 is 9.47 Å². The predicted molar refractivity (Wildman–Crippen MR) is 76.5 cm³/mol. The molecule has 1 fully saturated rings. The summed E-state index contributed by atoms with van der Waals surface area (Å²) >= 11 is 0. The Morgan fingerprint density at radius 3 is 3.00 bits per heavy atom. The lowest BCUT2D eigenvalue weighted by Crippen LogP contribution is -2.26. The first-order valence-electron chi connectivity index (χ1n) is 6.94. The van der Waals surface area contributed by atoms with Crippen molar-refractivity contribution in [3.63, 3.8) is 0 Å². The Bertz CT molecular complexity index is 388. The third-order valence-electron chi connectivity index (χ3n) is 3.43. The van der Waals surface area contributed by atoms with Crippen LogP contribution in [0.4, 0.5) is 0 Å². The standard InChI is InChI=1S/C15H24N2O2/c1-16-11-13-4-5-15(18-2)14(10-13)12-17-6-3-8-19-9-7-17/h4-5,10,16H,3,6-9,11-12H2,1-2H3. The molecule has 0 aliphatic carbocycles. The minimum atomic E-state index is 0.832. The monoisotopic (exact) mass is 264 g/mol. The van der Waals surface area contributed by atoms with Gasteiger partial charge >= 0.3 is 0 Å². The fraction of sp³-hybridized carbons (Fsp3) is 0.600. The second kappa shape index (κ2) is 7.48. The molecule has 0 atom stereocenters. The molecule has 0 bridgehead atoms. The SMILES string of the molecule is CNCc1ccc(OC)c(CN2CCCOCC2)c1. The van der Waals surface area contributed by atoms with E-state index in [1.165, 1.54) is 11.1 Å². The van der Waals surface area contributed by atoms with Crippen LogP contribution < -0.4 is 10.1 Å². The highest BCUT2D eigenvalue weighted by molar-refractivity contribution is 5.37. The summed E-state index contributed by atoms with van der Waals surface area (Å²) in [6.45, 7) is 5.63. The molecule has 1 aromatic carbocycles. The molecular formula is C15H24N2O2. The smallest absolute Gasteiger partial charge is 0.123 e. The zero-order valence-electron chi connectivity index (χ0n) is 11.9. The van der Waals surface area contributed by atoms with Crippen LogP contribution in [0.5, 0.6) is 5.75 Å². The summed E-state index contributed by atoms with van der Waals surface area (Å²) in [4.78, 5) is 2.44. The molecule has 19 heavy (non-hydrogen) atoms. The average Bonchev–Trinajstić information content (AvgIpc) is 2.68. The molecule has 4 nitrogen and oxygen atoms in total. The van der Waals surface area contributed by atoms with E-state index in [1.807, 2.05) is 7.05 Å². The molecular weight excluding hydrogens is 240 g/mol. The maximum Gasteiger partial charge on any atom is 0.123 e. The number of methoxy groups -OCH3 is 1. The van der Waals surface area contributed by atoms with Crippen molar-refractivity contribution >= 4 is 0 Å². The summed E-state index contributed by atoms with van der Waals surface area (Å²) in [6.07, 6.45) is 1.11. The predicted octanol–water partition coefficient (Wildman–Crippen LogP) is 1.64. The van der Waals surface area contributed by atoms with Crippen LogP contribution in [0.25, 0.3) is 0 Å². The van der Waals surface area contributed by atoms with Crippen LogP contribution >= 0.6 is 0 Å². The molecule has 1 heterocycles. The van der Waals surface area contributed by atoms with Gasteiger partial charge in [0, 0.05) is 38.3 Å². The van der Waals surface area contributed by atoms with Crippen LogP contribution in [0.1, 0.15) is 17.5 Å².